The van der Waals surface area contributed by atoms with Gasteiger partial charge in [0.2, 0.25) is 6.29 Å². The summed E-state index contributed by atoms with van der Waals surface area (Å²) in [4.78, 5) is 22.8. The van der Waals surface area contributed by atoms with Crippen molar-refractivity contribution in [2.75, 3.05) is 19.5 Å². The van der Waals surface area contributed by atoms with Crippen molar-refractivity contribution < 1.29 is 24.2 Å². The molecule has 2 rings (SSSR count). The lowest BCUT2D eigenvalue weighted by molar-refractivity contribution is -0.212. The summed E-state index contributed by atoms with van der Waals surface area (Å²) < 4.78 is 10.5. The highest BCUT2D eigenvalue weighted by Crippen LogP contribution is 2.47. The van der Waals surface area contributed by atoms with Crippen LogP contribution in [0.15, 0.2) is 12.2 Å². The van der Waals surface area contributed by atoms with Crippen LogP contribution in [0.4, 0.5) is 4.79 Å². The van der Waals surface area contributed by atoms with E-state index in [4.69, 9.17) is 21.1 Å². The lowest BCUT2D eigenvalue weighted by Gasteiger charge is -2.44. The van der Waals surface area contributed by atoms with Gasteiger partial charge in [0.15, 0.2) is 0 Å². The molecule has 0 bridgehead atoms. The minimum Gasteiger partial charge on any atom is -0.481 e. The molecule has 0 radical (unpaired) electrons. The van der Waals surface area contributed by atoms with Crippen LogP contribution >= 0.6 is 11.6 Å². The van der Waals surface area contributed by atoms with Crippen molar-refractivity contribution in [2.24, 2.45) is 17.3 Å². The fourth-order valence-corrected chi connectivity index (χ4v) is 3.08. The molecule has 0 saturated carbocycles. The number of aliphatic carboxylic acids is 1. The number of alkyl halides is 1. The van der Waals surface area contributed by atoms with Crippen molar-refractivity contribution in [1.82, 2.24) is 5.32 Å². The fourth-order valence-electron chi connectivity index (χ4n) is 2.69. The fraction of sp³-hybridized carbons (Fsp3) is 0.667. The molecule has 6 nitrogen and oxygen atoms in total. The molecule has 7 heteroatoms. The maximum Gasteiger partial charge on any atom is 0.409 e. The summed E-state index contributed by atoms with van der Waals surface area (Å²) in [6.45, 7) is -0.0592. The summed E-state index contributed by atoms with van der Waals surface area (Å²) in [5.74, 6) is -1.50. The molecule has 2 N–H and O–H groups in total. The summed E-state index contributed by atoms with van der Waals surface area (Å²) in [7, 11) is 1.45. The number of hydrogen-bond acceptors (Lipinski definition) is 4. The molecule has 1 heterocycles. The maximum absolute atomic E-state index is 11.5. The van der Waals surface area contributed by atoms with Gasteiger partial charge >= 0.3 is 12.1 Å². The topological polar surface area (TPSA) is 84.9 Å². The van der Waals surface area contributed by atoms with Crippen LogP contribution in [0, 0.1) is 17.3 Å². The Hall–Kier alpha value is -1.27. The van der Waals surface area contributed by atoms with E-state index in [0.29, 0.717) is 6.42 Å². The first-order valence-corrected chi connectivity index (χ1v) is 6.54. The summed E-state index contributed by atoms with van der Waals surface area (Å²) >= 11 is 5.87. The smallest absolute Gasteiger partial charge is 0.409 e. The Morgan fingerprint density at radius 3 is 2.95 bits per heavy atom. The molecule has 2 aliphatic rings. The monoisotopic (exact) mass is 289 g/mol. The highest BCUT2D eigenvalue weighted by molar-refractivity contribution is 6.19. The van der Waals surface area contributed by atoms with Gasteiger partial charge in [0.25, 0.3) is 0 Å². The highest BCUT2D eigenvalue weighted by Gasteiger charge is 2.55. The van der Waals surface area contributed by atoms with Crippen LogP contribution in [0.1, 0.15) is 6.42 Å². The van der Waals surface area contributed by atoms with Gasteiger partial charge in [0, 0.05) is 18.8 Å². The Balaban J connectivity index is 2.19. The predicted octanol–water partition coefficient (Wildman–Crippen LogP) is 1.20. The number of alkyl carbamates (subject to hydrolysis) is 1. The van der Waals surface area contributed by atoms with Crippen molar-refractivity contribution in [2.45, 2.75) is 12.7 Å². The van der Waals surface area contributed by atoms with Gasteiger partial charge < -0.3 is 19.9 Å². The Morgan fingerprint density at radius 1 is 1.63 bits per heavy atom. The largest absolute Gasteiger partial charge is 0.481 e. The number of amides is 1. The van der Waals surface area contributed by atoms with Crippen molar-refractivity contribution >= 4 is 23.7 Å². The number of fused-ring (bicyclic) bond motifs is 1. The van der Waals surface area contributed by atoms with Gasteiger partial charge in [0.05, 0.1) is 6.61 Å². The van der Waals surface area contributed by atoms with E-state index in [2.05, 4.69) is 5.32 Å². The normalized spacial score (nSPS) is 36.6. The van der Waals surface area contributed by atoms with E-state index in [1.54, 1.807) is 0 Å². The van der Waals surface area contributed by atoms with Gasteiger partial charge in [0.1, 0.15) is 5.41 Å². The maximum atomic E-state index is 11.5. The van der Waals surface area contributed by atoms with Crippen molar-refractivity contribution in [1.29, 1.82) is 0 Å². The number of carboxylic acids is 1. The van der Waals surface area contributed by atoms with Crippen LogP contribution in [-0.2, 0) is 14.3 Å². The predicted molar refractivity (Wildman–Crippen MR) is 66.8 cm³/mol. The Labute approximate surface area is 115 Å². The minimum absolute atomic E-state index is 0.0299. The molecule has 4 atom stereocenters. The molecular formula is C12H16ClNO5. The minimum atomic E-state index is -1.13. The summed E-state index contributed by atoms with van der Waals surface area (Å²) in [5, 5.41) is 11.8. The molecule has 1 unspecified atom stereocenters. The molecule has 1 aliphatic carbocycles. The number of carbonyl (C=O) groups is 2. The molecule has 1 fully saturated rings. The molecular weight excluding hydrogens is 274 g/mol. The molecule has 19 heavy (non-hydrogen) atoms. The van der Waals surface area contributed by atoms with Gasteiger partial charge in [-0.25, -0.2) is 4.79 Å². The van der Waals surface area contributed by atoms with E-state index >= 15 is 0 Å². The number of rotatable bonds is 3. The average molecular weight is 290 g/mol. The van der Waals surface area contributed by atoms with Gasteiger partial charge in [-0.15, -0.1) is 11.6 Å². The molecule has 0 spiro atoms. The molecule has 0 aromatic rings. The zero-order valence-corrected chi connectivity index (χ0v) is 11.2. The number of carbonyl (C=O) groups excluding carboxylic acids is 1. The van der Waals surface area contributed by atoms with Crippen LogP contribution in [0.2, 0.25) is 0 Å². The average Bonchev–Trinajstić information content (AvgIpc) is 2.89. The van der Waals surface area contributed by atoms with Crippen molar-refractivity contribution in [3.05, 3.63) is 12.2 Å². The molecule has 106 valence electrons. The second kappa shape index (κ2) is 5.38. The molecule has 0 aromatic carbocycles. The molecule has 0 aromatic heterocycles. The number of carboxylic acid groups (broad SMARTS) is 1. The van der Waals surface area contributed by atoms with Gasteiger partial charge in [-0.1, -0.05) is 12.2 Å². The second-order valence-corrected chi connectivity index (χ2v) is 5.04. The Kier molecular flexibility index (Phi) is 4.01. The van der Waals surface area contributed by atoms with E-state index in [9.17, 15) is 14.7 Å². The first kappa shape index (κ1) is 14.1. The first-order valence-electron chi connectivity index (χ1n) is 6.01. The van der Waals surface area contributed by atoms with Crippen LogP contribution in [0.25, 0.3) is 0 Å². The van der Waals surface area contributed by atoms with E-state index in [0.717, 1.165) is 0 Å². The third-order valence-corrected chi connectivity index (χ3v) is 4.31. The number of nitrogens with one attached hydrogen (secondary N) is 1. The van der Waals surface area contributed by atoms with E-state index in [-0.39, 0.29) is 24.3 Å². The number of ether oxygens (including phenoxy) is 2. The number of hydrogen-bond donors (Lipinski definition) is 2. The SMILES string of the molecule is CNC(=O)O[C@@H]1OCC(CCl)(C(=O)O)[C@H]2CC=C[C@@H]12. The highest BCUT2D eigenvalue weighted by atomic mass is 35.5. The van der Waals surface area contributed by atoms with Gasteiger partial charge in [-0.05, 0) is 12.3 Å². The number of halogens is 1. The van der Waals surface area contributed by atoms with E-state index in [1.165, 1.54) is 7.05 Å². The standard InChI is InChI=1S/C12H16ClNO5/c1-14-11(17)19-9-7-3-2-4-8(7)12(5-13,6-18-9)10(15)16/h2-3,7-9H,4-6H2,1H3,(H,14,17)(H,15,16)/t7-,8+,9+,12?/m1/s1. The molecule has 1 aliphatic heterocycles. The van der Waals surface area contributed by atoms with E-state index < -0.39 is 23.8 Å². The van der Waals surface area contributed by atoms with Crippen LogP contribution in [0.3, 0.4) is 0 Å². The molecule has 1 amide bonds. The lowest BCUT2D eigenvalue weighted by Crippen LogP contribution is -2.54. The van der Waals surface area contributed by atoms with Crippen LogP contribution in [0.5, 0.6) is 0 Å². The summed E-state index contributed by atoms with van der Waals surface area (Å²) in [6, 6.07) is 0. The third kappa shape index (κ3) is 2.30. The van der Waals surface area contributed by atoms with Crippen LogP contribution in [-0.4, -0.2) is 43.0 Å². The quantitative estimate of drug-likeness (QED) is 0.602. The third-order valence-electron chi connectivity index (χ3n) is 3.83. The van der Waals surface area contributed by atoms with E-state index in [1.807, 2.05) is 12.2 Å². The summed E-state index contributed by atoms with van der Waals surface area (Å²) in [5.41, 5.74) is -1.13. The van der Waals surface area contributed by atoms with Gasteiger partial charge in [-0.3, -0.25) is 4.79 Å². The summed E-state index contributed by atoms with van der Waals surface area (Å²) in [6.07, 6.45) is 2.95. The van der Waals surface area contributed by atoms with Crippen molar-refractivity contribution in [3.63, 3.8) is 0 Å². The van der Waals surface area contributed by atoms with Crippen LogP contribution < -0.4 is 5.32 Å². The Morgan fingerprint density at radius 2 is 2.37 bits per heavy atom. The second-order valence-electron chi connectivity index (χ2n) is 4.78. The molecule has 1 saturated heterocycles. The zero-order valence-electron chi connectivity index (χ0n) is 10.5. The van der Waals surface area contributed by atoms with Crippen molar-refractivity contribution in [3.8, 4) is 0 Å². The Bertz CT molecular complexity index is 413. The lowest BCUT2D eigenvalue weighted by atomic mass is 9.70. The number of allylic oxidation sites excluding steroid dienone is 1. The first-order chi connectivity index (χ1) is 9.05. The zero-order chi connectivity index (χ0) is 14.0. The van der Waals surface area contributed by atoms with Gasteiger partial charge in [-0.2, -0.15) is 0 Å².